The van der Waals surface area contributed by atoms with E-state index in [-0.39, 0.29) is 5.60 Å². The predicted molar refractivity (Wildman–Crippen MR) is 85.9 cm³/mol. The summed E-state index contributed by atoms with van der Waals surface area (Å²) in [5, 5.41) is 0. The van der Waals surface area contributed by atoms with Gasteiger partial charge in [0.15, 0.2) is 0 Å². The Balaban J connectivity index is 2.29. The van der Waals surface area contributed by atoms with E-state index < -0.39 is 0 Å². The Bertz CT molecular complexity index is 331. The number of benzene rings is 1. The molecular formula is C15H23IO3. The molecule has 0 radical (unpaired) electrons. The monoisotopic (exact) mass is 378 g/mol. The zero-order valence-electron chi connectivity index (χ0n) is 11.7. The van der Waals surface area contributed by atoms with Crippen molar-refractivity contribution in [2.24, 2.45) is 0 Å². The summed E-state index contributed by atoms with van der Waals surface area (Å²) in [6, 6.07) is 10.3. The first-order valence-corrected chi connectivity index (χ1v) is 8.07. The van der Waals surface area contributed by atoms with Crippen LogP contribution in [0.2, 0.25) is 0 Å². The second-order valence-corrected chi connectivity index (χ2v) is 5.30. The largest absolute Gasteiger partial charge is 0.385 e. The Morgan fingerprint density at radius 1 is 1.05 bits per heavy atom. The first-order chi connectivity index (χ1) is 9.23. The first kappa shape index (κ1) is 16.9. The number of rotatable bonds is 10. The molecule has 0 heterocycles. The zero-order chi connectivity index (χ0) is 14.0. The molecule has 108 valence electrons. The molecule has 0 saturated heterocycles. The molecule has 0 aliphatic rings. The molecule has 0 fully saturated rings. The van der Waals surface area contributed by atoms with Crippen molar-refractivity contribution in [3.63, 3.8) is 0 Å². The lowest BCUT2D eigenvalue weighted by molar-refractivity contribution is -0.0461. The molecule has 1 rings (SSSR count). The Labute approximate surface area is 129 Å². The highest BCUT2D eigenvalue weighted by atomic mass is 127. The minimum atomic E-state index is -0.238. The van der Waals surface area contributed by atoms with Crippen LogP contribution in [0.25, 0.3) is 0 Å². The molecule has 0 bridgehead atoms. The molecule has 19 heavy (non-hydrogen) atoms. The standard InChI is InChI=1S/C15H23IO3/c1-15(13-16,14-7-4-3-5-8-14)19-12-11-18-10-6-9-17-2/h3-5,7-8H,6,9-13H2,1-2H3. The number of hydrogen-bond donors (Lipinski definition) is 0. The smallest absolute Gasteiger partial charge is 0.0993 e. The molecule has 0 spiro atoms. The number of methoxy groups -OCH3 is 1. The van der Waals surface area contributed by atoms with Crippen molar-refractivity contribution in [3.8, 4) is 0 Å². The van der Waals surface area contributed by atoms with Crippen LogP contribution in [0.3, 0.4) is 0 Å². The van der Waals surface area contributed by atoms with Gasteiger partial charge in [-0.3, -0.25) is 0 Å². The van der Waals surface area contributed by atoms with Crippen LogP contribution < -0.4 is 0 Å². The average molecular weight is 378 g/mol. The van der Waals surface area contributed by atoms with Crippen LogP contribution in [-0.2, 0) is 19.8 Å². The maximum absolute atomic E-state index is 6.01. The molecule has 0 aliphatic heterocycles. The normalized spacial score (nSPS) is 14.3. The molecule has 0 N–H and O–H groups in total. The van der Waals surface area contributed by atoms with Crippen LogP contribution in [0.1, 0.15) is 18.9 Å². The van der Waals surface area contributed by atoms with Gasteiger partial charge in [-0.15, -0.1) is 0 Å². The summed E-state index contributed by atoms with van der Waals surface area (Å²) in [6.45, 7) is 4.84. The van der Waals surface area contributed by atoms with Gasteiger partial charge in [-0.25, -0.2) is 0 Å². The predicted octanol–water partition coefficient (Wildman–Crippen LogP) is 3.41. The molecule has 4 heteroatoms. The van der Waals surface area contributed by atoms with E-state index in [1.807, 2.05) is 18.2 Å². The van der Waals surface area contributed by atoms with Gasteiger partial charge in [0.05, 0.1) is 18.8 Å². The fraction of sp³-hybridized carbons (Fsp3) is 0.600. The summed E-state index contributed by atoms with van der Waals surface area (Å²) >= 11 is 2.37. The molecule has 0 saturated carbocycles. The van der Waals surface area contributed by atoms with Gasteiger partial charge < -0.3 is 14.2 Å². The van der Waals surface area contributed by atoms with Crippen molar-refractivity contribution in [1.82, 2.24) is 0 Å². The van der Waals surface area contributed by atoms with Crippen molar-refractivity contribution in [2.75, 3.05) is 38.0 Å². The van der Waals surface area contributed by atoms with Gasteiger partial charge in [-0.1, -0.05) is 52.9 Å². The maximum atomic E-state index is 6.01. The van der Waals surface area contributed by atoms with E-state index in [4.69, 9.17) is 14.2 Å². The Morgan fingerprint density at radius 3 is 2.42 bits per heavy atom. The third-order valence-corrected chi connectivity index (χ3v) is 4.38. The number of halogens is 1. The van der Waals surface area contributed by atoms with Crippen molar-refractivity contribution < 1.29 is 14.2 Å². The highest BCUT2D eigenvalue weighted by molar-refractivity contribution is 14.1. The summed E-state index contributed by atoms with van der Waals surface area (Å²) in [5.41, 5.74) is 0.973. The van der Waals surface area contributed by atoms with E-state index in [0.29, 0.717) is 13.2 Å². The number of ether oxygens (including phenoxy) is 3. The van der Waals surface area contributed by atoms with Crippen LogP contribution in [0.15, 0.2) is 30.3 Å². The average Bonchev–Trinajstić information content (AvgIpc) is 2.47. The van der Waals surface area contributed by atoms with Crippen LogP contribution in [0.4, 0.5) is 0 Å². The van der Waals surface area contributed by atoms with Crippen molar-refractivity contribution in [2.45, 2.75) is 18.9 Å². The quantitative estimate of drug-likeness (QED) is 0.355. The molecule has 1 unspecified atom stereocenters. The molecular weight excluding hydrogens is 355 g/mol. The van der Waals surface area contributed by atoms with Gasteiger partial charge in [0.1, 0.15) is 0 Å². The third-order valence-electron chi connectivity index (χ3n) is 2.92. The lowest BCUT2D eigenvalue weighted by atomic mass is 9.98. The van der Waals surface area contributed by atoms with Crippen LogP contribution >= 0.6 is 22.6 Å². The van der Waals surface area contributed by atoms with Gasteiger partial charge in [-0.05, 0) is 18.9 Å². The maximum Gasteiger partial charge on any atom is 0.0993 e. The molecule has 0 aromatic heterocycles. The fourth-order valence-corrected chi connectivity index (χ4v) is 2.38. The van der Waals surface area contributed by atoms with Crippen molar-refractivity contribution in [3.05, 3.63) is 35.9 Å². The highest BCUT2D eigenvalue weighted by Gasteiger charge is 2.25. The molecule has 0 amide bonds. The summed E-state index contributed by atoms with van der Waals surface area (Å²) in [6.07, 6.45) is 0.929. The van der Waals surface area contributed by atoms with Crippen LogP contribution in [0.5, 0.6) is 0 Å². The van der Waals surface area contributed by atoms with Crippen LogP contribution in [0, 0.1) is 0 Å². The molecule has 0 aliphatic carbocycles. The lowest BCUT2D eigenvalue weighted by Crippen LogP contribution is -2.29. The van der Waals surface area contributed by atoms with Gasteiger partial charge in [-0.2, -0.15) is 0 Å². The number of alkyl halides is 1. The minimum Gasteiger partial charge on any atom is -0.385 e. The topological polar surface area (TPSA) is 27.7 Å². The summed E-state index contributed by atoms with van der Waals surface area (Å²) in [7, 11) is 1.70. The van der Waals surface area contributed by atoms with Crippen molar-refractivity contribution in [1.29, 1.82) is 0 Å². The number of hydrogen-bond acceptors (Lipinski definition) is 3. The summed E-state index contributed by atoms with van der Waals surface area (Å²) < 4.78 is 17.4. The Morgan fingerprint density at radius 2 is 1.79 bits per heavy atom. The van der Waals surface area contributed by atoms with E-state index in [9.17, 15) is 0 Å². The lowest BCUT2D eigenvalue weighted by Gasteiger charge is -2.28. The van der Waals surface area contributed by atoms with Crippen molar-refractivity contribution >= 4 is 22.6 Å². The van der Waals surface area contributed by atoms with Crippen LogP contribution in [-0.4, -0.2) is 38.0 Å². The minimum absolute atomic E-state index is 0.238. The van der Waals surface area contributed by atoms with E-state index in [1.54, 1.807) is 7.11 Å². The first-order valence-electron chi connectivity index (χ1n) is 6.55. The fourth-order valence-electron chi connectivity index (χ4n) is 1.72. The molecule has 1 atom stereocenters. The SMILES string of the molecule is COCCCOCCOC(C)(CI)c1ccccc1. The third kappa shape index (κ3) is 6.21. The molecule has 1 aromatic rings. The zero-order valence-corrected chi connectivity index (χ0v) is 13.9. The van der Waals surface area contributed by atoms with E-state index in [2.05, 4.69) is 41.6 Å². The second-order valence-electron chi connectivity index (χ2n) is 4.54. The second kappa shape index (κ2) is 9.69. The summed E-state index contributed by atoms with van der Waals surface area (Å²) in [5.74, 6) is 0. The molecule has 1 aromatic carbocycles. The van der Waals surface area contributed by atoms with E-state index >= 15 is 0 Å². The van der Waals surface area contributed by atoms with E-state index in [0.717, 1.165) is 24.1 Å². The van der Waals surface area contributed by atoms with Gasteiger partial charge in [0.2, 0.25) is 0 Å². The highest BCUT2D eigenvalue weighted by Crippen LogP contribution is 2.27. The van der Waals surface area contributed by atoms with E-state index in [1.165, 1.54) is 5.56 Å². The summed E-state index contributed by atoms with van der Waals surface area (Å²) in [4.78, 5) is 0. The Kier molecular flexibility index (Phi) is 8.61. The Hall–Kier alpha value is -0.170. The molecule has 3 nitrogen and oxygen atoms in total. The van der Waals surface area contributed by atoms with Gasteiger partial charge in [0, 0.05) is 24.8 Å². The van der Waals surface area contributed by atoms with Gasteiger partial charge >= 0.3 is 0 Å². The van der Waals surface area contributed by atoms with Gasteiger partial charge in [0.25, 0.3) is 0 Å².